The molecule has 1 aromatic carbocycles. The van der Waals surface area contributed by atoms with Crippen molar-refractivity contribution in [2.45, 2.75) is 25.2 Å². The Kier molecular flexibility index (Phi) is 6.49. The third kappa shape index (κ3) is 5.37. The van der Waals surface area contributed by atoms with Crippen molar-refractivity contribution in [1.82, 2.24) is 5.32 Å². The van der Waals surface area contributed by atoms with E-state index in [-0.39, 0.29) is 13.0 Å². The average Bonchev–Trinajstić information content (AvgIpc) is 3.06. The molecule has 2 N–H and O–H groups in total. The maximum atomic E-state index is 12.7. The number of aliphatic carboxylic acids is 1. The van der Waals surface area contributed by atoms with E-state index in [1.165, 1.54) is 19.6 Å². The van der Waals surface area contributed by atoms with Crippen LogP contribution >= 0.6 is 11.3 Å². The zero-order valence-corrected chi connectivity index (χ0v) is 14.9. The van der Waals surface area contributed by atoms with Crippen LogP contribution in [0.1, 0.15) is 16.0 Å². The van der Waals surface area contributed by atoms with Crippen molar-refractivity contribution in [3.63, 3.8) is 0 Å². The number of methoxy groups -OCH3 is 2. The van der Waals surface area contributed by atoms with Gasteiger partial charge >= 0.3 is 12.1 Å². The van der Waals surface area contributed by atoms with Crippen LogP contribution in [0.25, 0.3) is 0 Å². The second-order valence-electron chi connectivity index (χ2n) is 5.51. The van der Waals surface area contributed by atoms with E-state index in [2.05, 4.69) is 5.32 Å². The minimum absolute atomic E-state index is 0.0526. The Morgan fingerprint density at radius 1 is 1.15 bits per heavy atom. The number of hydrogen-bond acceptors (Lipinski definition) is 5. The van der Waals surface area contributed by atoms with Gasteiger partial charge in [0.15, 0.2) is 0 Å². The number of ether oxygens (including phenoxy) is 2. The Hall–Kier alpha value is -2.26. The second kappa shape index (κ2) is 8.41. The van der Waals surface area contributed by atoms with E-state index < -0.39 is 23.1 Å². The molecule has 1 atom stereocenters. The minimum Gasteiger partial charge on any atom is -0.497 e. The summed E-state index contributed by atoms with van der Waals surface area (Å²) in [7, 11) is 3.00. The van der Waals surface area contributed by atoms with Gasteiger partial charge in [-0.1, -0.05) is 0 Å². The fourth-order valence-corrected chi connectivity index (χ4v) is 3.12. The first kappa shape index (κ1) is 20.1. The highest BCUT2D eigenvalue weighted by Crippen LogP contribution is 2.34. The first-order valence-electron chi connectivity index (χ1n) is 7.55. The topological polar surface area (TPSA) is 67.8 Å². The van der Waals surface area contributed by atoms with Gasteiger partial charge in [-0.3, -0.25) is 4.79 Å². The summed E-state index contributed by atoms with van der Waals surface area (Å²) in [6, 6.07) is 5.09. The molecule has 9 heteroatoms. The number of thiophene rings is 1. The summed E-state index contributed by atoms with van der Waals surface area (Å²) in [5, 5.41) is 13.5. The predicted molar refractivity (Wildman–Crippen MR) is 90.8 cm³/mol. The van der Waals surface area contributed by atoms with Gasteiger partial charge in [-0.05, 0) is 41.1 Å². The van der Waals surface area contributed by atoms with Crippen LogP contribution in [0.3, 0.4) is 0 Å². The molecular formula is C17H18F3NO4S. The van der Waals surface area contributed by atoms with Crippen LogP contribution in [0.15, 0.2) is 29.6 Å². The molecule has 0 aliphatic carbocycles. The smallest absolute Gasteiger partial charge is 0.425 e. The van der Waals surface area contributed by atoms with Crippen molar-refractivity contribution in [3.8, 4) is 11.5 Å². The van der Waals surface area contributed by atoms with E-state index in [1.54, 1.807) is 18.2 Å². The molecule has 1 heterocycles. The molecule has 0 aliphatic rings. The van der Waals surface area contributed by atoms with Crippen molar-refractivity contribution in [2.75, 3.05) is 14.2 Å². The highest BCUT2D eigenvalue weighted by molar-refractivity contribution is 7.10. The first-order chi connectivity index (χ1) is 12.2. The van der Waals surface area contributed by atoms with Crippen LogP contribution in [0.4, 0.5) is 13.2 Å². The summed E-state index contributed by atoms with van der Waals surface area (Å²) < 4.78 is 48.3. The number of nitrogens with one attached hydrogen (secondary N) is 1. The first-order valence-corrected chi connectivity index (χ1v) is 8.43. The van der Waals surface area contributed by atoms with Crippen molar-refractivity contribution < 1.29 is 32.5 Å². The fraction of sp³-hybridized carbons (Fsp3) is 0.353. The Labute approximate surface area is 152 Å². The molecule has 0 fully saturated rings. The summed E-state index contributed by atoms with van der Waals surface area (Å²) in [5.41, 5.74) is 1.05. The van der Waals surface area contributed by atoms with Crippen LogP contribution in [-0.4, -0.2) is 31.3 Å². The monoisotopic (exact) mass is 389 g/mol. The zero-order valence-electron chi connectivity index (χ0n) is 14.1. The van der Waals surface area contributed by atoms with Crippen molar-refractivity contribution in [1.29, 1.82) is 0 Å². The lowest BCUT2D eigenvalue weighted by atomic mass is 10.1. The molecule has 0 saturated heterocycles. The van der Waals surface area contributed by atoms with Gasteiger partial charge in [0.05, 0.1) is 14.2 Å². The Morgan fingerprint density at radius 3 is 2.23 bits per heavy atom. The molecule has 26 heavy (non-hydrogen) atoms. The minimum atomic E-state index is -4.42. The van der Waals surface area contributed by atoms with E-state index in [0.29, 0.717) is 28.4 Å². The number of halogens is 3. The fourth-order valence-electron chi connectivity index (χ4n) is 2.32. The Morgan fingerprint density at radius 2 is 1.77 bits per heavy atom. The molecule has 0 spiro atoms. The van der Waals surface area contributed by atoms with E-state index >= 15 is 0 Å². The molecule has 142 valence electrons. The molecule has 0 aliphatic heterocycles. The van der Waals surface area contributed by atoms with Gasteiger partial charge in [-0.2, -0.15) is 13.2 Å². The molecule has 2 rings (SSSR count). The van der Waals surface area contributed by atoms with Crippen molar-refractivity contribution >= 4 is 17.3 Å². The number of hydrogen-bond donors (Lipinski definition) is 2. The van der Waals surface area contributed by atoms with Gasteiger partial charge in [0.25, 0.3) is 0 Å². The summed E-state index contributed by atoms with van der Waals surface area (Å²) in [6.45, 7) is 0.195. The van der Waals surface area contributed by atoms with Crippen LogP contribution in [0, 0.1) is 0 Å². The third-order valence-electron chi connectivity index (χ3n) is 3.63. The lowest BCUT2D eigenvalue weighted by Crippen LogP contribution is -2.38. The van der Waals surface area contributed by atoms with Gasteiger partial charge in [-0.15, -0.1) is 11.3 Å². The summed E-state index contributed by atoms with van der Waals surface area (Å²) in [6.07, 6.45) is -4.48. The molecule has 1 unspecified atom stereocenters. The van der Waals surface area contributed by atoms with Crippen LogP contribution in [0.2, 0.25) is 0 Å². The van der Waals surface area contributed by atoms with Gasteiger partial charge in [0, 0.05) is 12.6 Å². The maximum Gasteiger partial charge on any atom is 0.425 e. The van der Waals surface area contributed by atoms with E-state index in [0.717, 1.165) is 11.6 Å². The van der Waals surface area contributed by atoms with Gasteiger partial charge in [0.1, 0.15) is 22.4 Å². The molecule has 0 bridgehead atoms. The summed E-state index contributed by atoms with van der Waals surface area (Å²) >= 11 is 0.556. The van der Waals surface area contributed by atoms with Gasteiger partial charge < -0.3 is 19.9 Å². The van der Waals surface area contributed by atoms with Crippen molar-refractivity contribution in [2.24, 2.45) is 0 Å². The van der Waals surface area contributed by atoms with E-state index in [9.17, 15) is 23.1 Å². The molecular weight excluding hydrogens is 371 g/mol. The van der Waals surface area contributed by atoms with Crippen LogP contribution in [0.5, 0.6) is 11.5 Å². The molecule has 2 aromatic rings. The van der Waals surface area contributed by atoms with E-state index in [1.807, 2.05) is 0 Å². The molecule has 0 amide bonds. The highest BCUT2D eigenvalue weighted by atomic mass is 32.1. The largest absolute Gasteiger partial charge is 0.497 e. The maximum absolute atomic E-state index is 12.7. The molecule has 5 nitrogen and oxygen atoms in total. The number of carbonyl (C=O) groups is 1. The number of rotatable bonds is 8. The van der Waals surface area contributed by atoms with E-state index in [4.69, 9.17) is 9.47 Å². The van der Waals surface area contributed by atoms with Crippen molar-refractivity contribution in [3.05, 3.63) is 45.6 Å². The van der Waals surface area contributed by atoms with Gasteiger partial charge in [-0.25, -0.2) is 0 Å². The van der Waals surface area contributed by atoms with Gasteiger partial charge in [0.2, 0.25) is 0 Å². The normalized spacial score (nSPS) is 12.7. The molecule has 1 aromatic heterocycles. The third-order valence-corrected chi connectivity index (χ3v) is 4.66. The summed E-state index contributed by atoms with van der Waals surface area (Å²) in [5.74, 6) is -0.0269. The average molecular weight is 389 g/mol. The number of carboxylic acids is 1. The lowest BCUT2D eigenvalue weighted by Gasteiger charge is -2.15. The summed E-state index contributed by atoms with van der Waals surface area (Å²) in [4.78, 5) is 10.7. The Bertz CT molecular complexity index is 738. The quantitative estimate of drug-likeness (QED) is 0.723. The molecule has 0 saturated carbocycles. The highest BCUT2D eigenvalue weighted by Gasteiger charge is 2.32. The van der Waals surface area contributed by atoms with Crippen LogP contribution in [-0.2, 0) is 23.9 Å². The predicted octanol–water partition coefficient (Wildman–Crippen LogP) is 3.57. The standard InChI is InChI=1S/C17H18F3NO4S/c1-24-12-3-10(4-13(7-12)25-2)8-21-14(16(22)23)5-11-6-15(26-9-11)17(18,19)20/h3-4,6-7,9,14,21H,5,8H2,1-2H3,(H,22,23). The Balaban J connectivity index is 2.07. The van der Waals surface area contributed by atoms with Crippen LogP contribution < -0.4 is 14.8 Å². The number of benzene rings is 1. The molecule has 0 radical (unpaired) electrons. The zero-order chi connectivity index (χ0) is 19.3. The lowest BCUT2D eigenvalue weighted by molar-refractivity contribution is -0.139. The second-order valence-corrected chi connectivity index (χ2v) is 6.42. The number of alkyl halides is 3. The number of carboxylic acid groups (broad SMARTS) is 1. The SMILES string of the molecule is COc1cc(CNC(Cc2csc(C(F)(F)F)c2)C(=O)O)cc(OC)c1.